The van der Waals surface area contributed by atoms with Crippen LogP contribution in [-0.2, 0) is 4.79 Å². The normalized spacial score (nSPS) is 10.9. The molecule has 0 radical (unpaired) electrons. The number of hydrogen-bond donors (Lipinski definition) is 7. The predicted octanol–water partition coefficient (Wildman–Crippen LogP) is 8.22. The molecule has 1 amide bonds. The number of nitrogens with zero attached hydrogens (tertiary/aromatic N) is 1. The minimum atomic E-state index is 0.119. The number of unbranched alkanes of at least 4 members (excludes halogenated alkanes) is 22. The topological polar surface area (TPSA) is 105 Å². The lowest BCUT2D eigenvalue weighted by molar-refractivity contribution is -0.121. The molecule has 9 nitrogen and oxygen atoms in total. The lowest BCUT2D eigenvalue weighted by atomic mass is 10.0. The van der Waals surface area contributed by atoms with Gasteiger partial charge in [-0.25, -0.2) is 0 Å². The highest BCUT2D eigenvalue weighted by molar-refractivity contribution is 7.80. The quantitative estimate of drug-likeness (QED) is 0.0243. The molecule has 12 heteroatoms. The Hall–Kier alpha value is -1.50. The second-order valence-electron chi connectivity index (χ2n) is 14.6. The van der Waals surface area contributed by atoms with Crippen LogP contribution < -0.4 is 37.2 Å². The molecule has 0 heterocycles. The van der Waals surface area contributed by atoms with Crippen molar-refractivity contribution in [3.8, 4) is 0 Å². The lowest BCUT2D eigenvalue weighted by Crippen LogP contribution is -2.45. The Labute approximate surface area is 343 Å². The van der Waals surface area contributed by atoms with Gasteiger partial charge in [0.05, 0.1) is 0 Å². The van der Waals surface area contributed by atoms with Crippen LogP contribution in [0.4, 0.5) is 0 Å². The van der Waals surface area contributed by atoms with Crippen LogP contribution in [0, 0.1) is 0 Å². The Morgan fingerprint density at radius 1 is 0.396 bits per heavy atom. The summed E-state index contributed by atoms with van der Waals surface area (Å²) < 4.78 is 0. The van der Waals surface area contributed by atoms with E-state index in [0.29, 0.717) is 61.0 Å². The average Bonchev–Trinajstić information content (AvgIpc) is 3.16. The largest absolute Gasteiger partial charge is 0.366 e. The zero-order chi connectivity index (χ0) is 38.9. The minimum Gasteiger partial charge on any atom is -0.366 e. The van der Waals surface area contributed by atoms with E-state index in [9.17, 15) is 4.79 Å². The maximum absolute atomic E-state index is 12.7. The Kier molecular flexibility index (Phi) is 40.5. The molecule has 0 unspecified atom stereocenters. The summed E-state index contributed by atoms with van der Waals surface area (Å²) in [6.45, 7) is 11.4. The molecule has 0 aliphatic heterocycles. The van der Waals surface area contributed by atoms with Crippen molar-refractivity contribution in [3.63, 3.8) is 0 Å². The molecule has 0 aromatic carbocycles. The zero-order valence-electron chi connectivity index (χ0n) is 34.6. The fourth-order valence-electron chi connectivity index (χ4n) is 6.33. The standard InChI is InChI=1S/C41H84N8OS3/c1-4-6-8-10-12-14-16-18-20-22-24-26-35-49(36-27-25-23-21-19-17-15-13-11-9-7-5-2)37-28-38(50)43-29-30-45-40(52)47-33-34-48-41(53)46-32-31-44-39(51)42-3/h4-37H2,1-3H3,(H,43,50)(H2,42,44,51)(H2,45,47,52)(H2,46,48,53). The van der Waals surface area contributed by atoms with Crippen molar-refractivity contribution in [2.75, 3.05) is 66.0 Å². The van der Waals surface area contributed by atoms with Gasteiger partial charge in [-0.05, 0) is 62.6 Å². The van der Waals surface area contributed by atoms with Gasteiger partial charge in [-0.15, -0.1) is 0 Å². The molecule has 312 valence electrons. The maximum atomic E-state index is 12.7. The number of hydrogen-bond acceptors (Lipinski definition) is 5. The van der Waals surface area contributed by atoms with Gasteiger partial charge in [-0.3, -0.25) is 4.79 Å². The van der Waals surface area contributed by atoms with E-state index in [0.717, 1.165) is 19.6 Å². The summed E-state index contributed by atoms with van der Waals surface area (Å²) in [5, 5.41) is 23.4. The van der Waals surface area contributed by atoms with Crippen LogP contribution in [0.5, 0.6) is 0 Å². The van der Waals surface area contributed by atoms with Crippen molar-refractivity contribution < 1.29 is 4.79 Å². The number of carbonyl (C=O) groups excluding carboxylic acids is 1. The summed E-state index contributed by atoms with van der Waals surface area (Å²) >= 11 is 15.7. The van der Waals surface area contributed by atoms with Crippen LogP contribution in [0.3, 0.4) is 0 Å². The Morgan fingerprint density at radius 2 is 0.679 bits per heavy atom. The van der Waals surface area contributed by atoms with Gasteiger partial charge in [0.1, 0.15) is 0 Å². The van der Waals surface area contributed by atoms with Gasteiger partial charge < -0.3 is 42.1 Å². The van der Waals surface area contributed by atoms with Crippen molar-refractivity contribution >= 4 is 57.9 Å². The van der Waals surface area contributed by atoms with E-state index in [2.05, 4.69) is 56.0 Å². The summed E-state index contributed by atoms with van der Waals surface area (Å²) in [5.41, 5.74) is 0. The molecule has 0 aromatic heterocycles. The zero-order valence-corrected chi connectivity index (χ0v) is 37.1. The molecule has 0 spiro atoms. The van der Waals surface area contributed by atoms with Crippen LogP contribution in [0.15, 0.2) is 0 Å². The third kappa shape index (κ3) is 40.0. The van der Waals surface area contributed by atoms with Gasteiger partial charge in [0.25, 0.3) is 0 Å². The molecular weight excluding hydrogens is 717 g/mol. The van der Waals surface area contributed by atoms with Gasteiger partial charge in [0.2, 0.25) is 5.91 Å². The Bertz CT molecular complexity index is 839. The van der Waals surface area contributed by atoms with Crippen molar-refractivity contribution in [3.05, 3.63) is 0 Å². The molecule has 0 rings (SSSR count). The summed E-state index contributed by atoms with van der Waals surface area (Å²) in [7, 11) is 1.79. The molecule has 0 aliphatic rings. The third-order valence-electron chi connectivity index (χ3n) is 9.66. The average molecular weight is 801 g/mol. The SMILES string of the molecule is CCCCCCCCCCCCCCN(CCCCCCCCCCCCCC)CCC(=O)NCCNC(=S)NCCNC(=S)NCCNC(=S)NC. The van der Waals surface area contributed by atoms with E-state index in [-0.39, 0.29) is 5.91 Å². The second kappa shape index (κ2) is 41.7. The van der Waals surface area contributed by atoms with E-state index >= 15 is 0 Å². The molecule has 7 N–H and O–H groups in total. The molecule has 0 bridgehead atoms. The summed E-state index contributed by atoms with van der Waals surface area (Å²) in [5.74, 6) is 0.119. The molecule has 0 aliphatic carbocycles. The monoisotopic (exact) mass is 801 g/mol. The first-order valence-corrected chi connectivity index (χ1v) is 23.1. The van der Waals surface area contributed by atoms with Gasteiger partial charge in [-0.1, -0.05) is 155 Å². The van der Waals surface area contributed by atoms with Crippen molar-refractivity contribution in [1.82, 2.24) is 42.1 Å². The van der Waals surface area contributed by atoms with Crippen LogP contribution in [-0.4, -0.2) is 92.1 Å². The van der Waals surface area contributed by atoms with Gasteiger partial charge in [0.15, 0.2) is 15.3 Å². The first kappa shape index (κ1) is 51.5. The fraction of sp³-hybridized carbons (Fsp3) is 0.902. The smallest absolute Gasteiger partial charge is 0.221 e. The summed E-state index contributed by atoms with van der Waals surface area (Å²) in [6, 6.07) is 0. The van der Waals surface area contributed by atoms with Crippen LogP contribution in [0.1, 0.15) is 174 Å². The highest BCUT2D eigenvalue weighted by Gasteiger charge is 2.09. The number of nitrogens with one attached hydrogen (secondary N) is 7. The van der Waals surface area contributed by atoms with E-state index in [4.69, 9.17) is 36.7 Å². The van der Waals surface area contributed by atoms with E-state index < -0.39 is 0 Å². The highest BCUT2D eigenvalue weighted by Crippen LogP contribution is 2.14. The van der Waals surface area contributed by atoms with Crippen molar-refractivity contribution in [2.24, 2.45) is 0 Å². The van der Waals surface area contributed by atoms with Crippen LogP contribution >= 0.6 is 36.7 Å². The van der Waals surface area contributed by atoms with Gasteiger partial charge in [0, 0.05) is 59.3 Å². The molecule has 0 atom stereocenters. The molecule has 0 saturated carbocycles. The highest BCUT2D eigenvalue weighted by atomic mass is 32.1. The molecule has 0 aromatic rings. The van der Waals surface area contributed by atoms with Gasteiger partial charge >= 0.3 is 0 Å². The lowest BCUT2D eigenvalue weighted by Gasteiger charge is -2.22. The Balaban J connectivity index is 4.18. The van der Waals surface area contributed by atoms with Crippen LogP contribution in [0.2, 0.25) is 0 Å². The molecule has 53 heavy (non-hydrogen) atoms. The number of carbonyl (C=O) groups is 1. The second-order valence-corrected chi connectivity index (χ2v) is 15.8. The minimum absolute atomic E-state index is 0.119. The molecule has 0 saturated heterocycles. The maximum Gasteiger partial charge on any atom is 0.221 e. The number of rotatable bonds is 38. The third-order valence-corrected chi connectivity index (χ3v) is 10.6. The van der Waals surface area contributed by atoms with E-state index in [1.165, 1.54) is 154 Å². The summed E-state index contributed by atoms with van der Waals surface area (Å²) in [4.78, 5) is 15.3. The first-order valence-electron chi connectivity index (χ1n) is 21.9. The van der Waals surface area contributed by atoms with Crippen molar-refractivity contribution in [1.29, 1.82) is 0 Å². The van der Waals surface area contributed by atoms with Crippen LogP contribution in [0.25, 0.3) is 0 Å². The number of amides is 1. The summed E-state index contributed by atoms with van der Waals surface area (Å²) in [6.07, 6.45) is 33.5. The predicted molar refractivity (Wildman–Crippen MR) is 243 cm³/mol. The fourth-order valence-corrected chi connectivity index (χ4v) is 6.84. The Morgan fingerprint density at radius 3 is 1.00 bits per heavy atom. The van der Waals surface area contributed by atoms with E-state index in [1.807, 2.05) is 0 Å². The molecular formula is C41H84N8OS3. The number of thiocarbonyl (C=S) groups is 3. The van der Waals surface area contributed by atoms with Gasteiger partial charge in [-0.2, -0.15) is 0 Å². The first-order chi connectivity index (χ1) is 25.9. The van der Waals surface area contributed by atoms with Crippen molar-refractivity contribution in [2.45, 2.75) is 174 Å². The molecule has 0 fully saturated rings. The van der Waals surface area contributed by atoms with E-state index in [1.54, 1.807) is 7.05 Å².